The summed E-state index contributed by atoms with van der Waals surface area (Å²) >= 11 is 5.75. The molecule has 2 aromatic carbocycles. The predicted molar refractivity (Wildman–Crippen MR) is 137 cm³/mol. The summed E-state index contributed by atoms with van der Waals surface area (Å²) in [5, 5.41) is 4.58. The van der Waals surface area contributed by atoms with E-state index in [4.69, 9.17) is 21.7 Å². The van der Waals surface area contributed by atoms with Crippen LogP contribution in [0.25, 0.3) is 10.9 Å². The molecule has 1 fully saturated rings. The lowest BCUT2D eigenvalue weighted by Gasteiger charge is -2.28. The third-order valence-electron chi connectivity index (χ3n) is 6.04. The van der Waals surface area contributed by atoms with Crippen molar-refractivity contribution in [2.75, 3.05) is 25.6 Å². The Morgan fingerprint density at radius 3 is 2.79 bits per heavy atom. The number of aryl methyl sites for hydroxylation is 2. The number of fused-ring (bicyclic) bond motifs is 1. The normalized spacial score (nSPS) is 15.3. The maximum atomic E-state index is 13.0. The molecule has 0 amide bonds. The molecule has 0 saturated carbocycles. The number of nitrogens with one attached hydrogen (secondary N) is 2. The number of carbonyl (C=O) groups excluding carboxylic acids is 1. The number of anilines is 1. The fourth-order valence-corrected chi connectivity index (χ4v) is 4.63. The molecule has 0 unspecified atom stereocenters. The highest BCUT2D eigenvalue weighted by molar-refractivity contribution is 7.80. The van der Waals surface area contributed by atoms with Crippen LogP contribution < -0.4 is 10.9 Å². The van der Waals surface area contributed by atoms with Crippen molar-refractivity contribution in [3.8, 4) is 0 Å². The Morgan fingerprint density at radius 1 is 1.26 bits per heavy atom. The number of rotatable bonds is 6. The second-order valence-corrected chi connectivity index (χ2v) is 9.04. The second-order valence-electron chi connectivity index (χ2n) is 8.65. The first kappa shape index (κ1) is 23.9. The van der Waals surface area contributed by atoms with Crippen LogP contribution in [0.4, 0.5) is 5.69 Å². The van der Waals surface area contributed by atoms with Crippen LogP contribution in [0.2, 0.25) is 0 Å². The molecule has 1 aliphatic rings. The van der Waals surface area contributed by atoms with Gasteiger partial charge in [-0.15, -0.1) is 0 Å². The van der Waals surface area contributed by atoms with Gasteiger partial charge in [-0.05, 0) is 74.1 Å². The number of methoxy groups -OCH3 is 1. The number of ether oxygens (including phenoxy) is 2. The first-order valence-corrected chi connectivity index (χ1v) is 11.7. The number of thiocarbonyl (C=S) groups is 1. The summed E-state index contributed by atoms with van der Waals surface area (Å²) < 4.78 is 10.7. The van der Waals surface area contributed by atoms with E-state index in [2.05, 4.69) is 22.4 Å². The molecule has 4 rings (SSSR count). The van der Waals surface area contributed by atoms with Crippen molar-refractivity contribution in [2.24, 2.45) is 0 Å². The number of nitrogens with zero attached hydrogens (tertiary/aromatic N) is 1. The van der Waals surface area contributed by atoms with Crippen LogP contribution in [0.1, 0.15) is 39.9 Å². The van der Waals surface area contributed by atoms with Crippen molar-refractivity contribution in [1.29, 1.82) is 0 Å². The molecule has 8 heteroatoms. The molecule has 2 N–H and O–H groups in total. The maximum absolute atomic E-state index is 13.0. The summed E-state index contributed by atoms with van der Waals surface area (Å²) in [6, 6.07) is 13.1. The molecule has 34 heavy (non-hydrogen) atoms. The molecule has 0 spiro atoms. The van der Waals surface area contributed by atoms with Gasteiger partial charge in [0.25, 0.3) is 5.56 Å². The molecular weight excluding hydrogens is 450 g/mol. The Morgan fingerprint density at radius 2 is 2.06 bits per heavy atom. The zero-order chi connectivity index (χ0) is 24.2. The van der Waals surface area contributed by atoms with Gasteiger partial charge in [0.1, 0.15) is 0 Å². The number of pyridine rings is 1. The van der Waals surface area contributed by atoms with Crippen LogP contribution in [-0.2, 0) is 16.0 Å². The van der Waals surface area contributed by atoms with E-state index in [1.54, 1.807) is 18.2 Å². The fraction of sp³-hybridized carbons (Fsp3) is 0.346. The topological polar surface area (TPSA) is 83.7 Å². The second kappa shape index (κ2) is 10.4. The van der Waals surface area contributed by atoms with Crippen molar-refractivity contribution in [3.63, 3.8) is 0 Å². The Labute approximate surface area is 204 Å². The highest BCUT2D eigenvalue weighted by Gasteiger charge is 2.23. The monoisotopic (exact) mass is 479 g/mol. The van der Waals surface area contributed by atoms with Gasteiger partial charge in [0.15, 0.2) is 5.11 Å². The molecule has 1 aliphatic heterocycles. The van der Waals surface area contributed by atoms with Crippen LogP contribution in [0, 0.1) is 13.8 Å². The van der Waals surface area contributed by atoms with Crippen LogP contribution in [0.3, 0.4) is 0 Å². The van der Waals surface area contributed by atoms with Crippen molar-refractivity contribution >= 4 is 39.9 Å². The number of esters is 1. The number of H-pyrrole nitrogens is 1. The lowest BCUT2D eigenvalue weighted by atomic mass is 10.1. The molecule has 1 saturated heterocycles. The van der Waals surface area contributed by atoms with E-state index in [1.807, 2.05) is 30.9 Å². The SMILES string of the molecule is COC(=O)c1ccccc1NC(=S)N(Cc1cc2cc(C)cc(C)c2[nH]c1=O)C[C@@H]1CCCO1. The fourth-order valence-electron chi connectivity index (χ4n) is 4.38. The molecule has 0 radical (unpaired) electrons. The van der Waals surface area contributed by atoms with Gasteiger partial charge in [-0.1, -0.05) is 23.8 Å². The summed E-state index contributed by atoms with van der Waals surface area (Å²) in [4.78, 5) is 30.1. The number of para-hydroxylation sites is 1. The number of carbonyl (C=O) groups is 1. The van der Waals surface area contributed by atoms with Gasteiger partial charge in [-0.2, -0.15) is 0 Å². The minimum atomic E-state index is -0.451. The Hall–Kier alpha value is -3.23. The summed E-state index contributed by atoms with van der Waals surface area (Å²) in [6.07, 6.45) is 1.96. The third-order valence-corrected chi connectivity index (χ3v) is 6.40. The smallest absolute Gasteiger partial charge is 0.339 e. The quantitative estimate of drug-likeness (QED) is 0.403. The molecule has 0 aliphatic carbocycles. The maximum Gasteiger partial charge on any atom is 0.339 e. The molecule has 3 aromatic rings. The van der Waals surface area contributed by atoms with Gasteiger partial charge in [0.2, 0.25) is 0 Å². The number of benzene rings is 2. The van der Waals surface area contributed by atoms with Crippen LogP contribution in [0.5, 0.6) is 0 Å². The van der Waals surface area contributed by atoms with E-state index in [9.17, 15) is 9.59 Å². The third kappa shape index (κ3) is 5.29. The number of hydrogen-bond donors (Lipinski definition) is 2. The minimum absolute atomic E-state index is 0.0274. The van der Waals surface area contributed by atoms with E-state index in [-0.39, 0.29) is 11.7 Å². The first-order chi connectivity index (χ1) is 16.4. The highest BCUT2D eigenvalue weighted by Crippen LogP contribution is 2.21. The zero-order valence-electron chi connectivity index (χ0n) is 19.6. The summed E-state index contributed by atoms with van der Waals surface area (Å²) in [5.74, 6) is -0.451. The lowest BCUT2D eigenvalue weighted by Crippen LogP contribution is -2.40. The van der Waals surface area contributed by atoms with E-state index in [1.165, 1.54) is 7.11 Å². The first-order valence-electron chi connectivity index (χ1n) is 11.3. The van der Waals surface area contributed by atoms with Crippen molar-refractivity contribution < 1.29 is 14.3 Å². The number of aromatic nitrogens is 1. The van der Waals surface area contributed by atoms with Crippen LogP contribution in [-0.4, -0.2) is 47.3 Å². The summed E-state index contributed by atoms with van der Waals surface area (Å²) in [6.45, 7) is 5.60. The van der Waals surface area contributed by atoms with E-state index >= 15 is 0 Å². The average Bonchev–Trinajstić information content (AvgIpc) is 3.32. The van der Waals surface area contributed by atoms with Gasteiger partial charge >= 0.3 is 5.97 Å². The van der Waals surface area contributed by atoms with Gasteiger partial charge in [-0.25, -0.2) is 4.79 Å². The van der Waals surface area contributed by atoms with E-state index in [0.717, 1.165) is 41.5 Å². The van der Waals surface area contributed by atoms with Crippen LogP contribution in [0.15, 0.2) is 47.3 Å². The van der Waals surface area contributed by atoms with E-state index < -0.39 is 5.97 Å². The van der Waals surface area contributed by atoms with Crippen molar-refractivity contribution in [1.82, 2.24) is 9.88 Å². The van der Waals surface area contributed by atoms with Gasteiger partial charge in [-0.3, -0.25) is 4.79 Å². The van der Waals surface area contributed by atoms with Gasteiger partial charge in [0, 0.05) is 18.7 Å². The molecule has 178 valence electrons. The number of aromatic amines is 1. The highest BCUT2D eigenvalue weighted by atomic mass is 32.1. The molecule has 7 nitrogen and oxygen atoms in total. The van der Waals surface area contributed by atoms with Crippen molar-refractivity contribution in [3.05, 3.63) is 75.1 Å². The molecule has 2 heterocycles. The van der Waals surface area contributed by atoms with Gasteiger partial charge < -0.3 is 24.7 Å². The molecule has 1 aromatic heterocycles. The molecular formula is C26H29N3O4S. The van der Waals surface area contributed by atoms with Gasteiger partial charge in [0.05, 0.1) is 36.5 Å². The van der Waals surface area contributed by atoms with Crippen LogP contribution >= 0.6 is 12.2 Å². The summed E-state index contributed by atoms with van der Waals surface area (Å²) in [7, 11) is 1.34. The van der Waals surface area contributed by atoms with Crippen molar-refractivity contribution in [2.45, 2.75) is 39.3 Å². The number of hydrogen-bond acceptors (Lipinski definition) is 5. The zero-order valence-corrected chi connectivity index (χ0v) is 20.5. The Balaban J connectivity index is 1.64. The lowest BCUT2D eigenvalue weighted by molar-refractivity contribution is 0.0602. The molecule has 1 atom stereocenters. The largest absolute Gasteiger partial charge is 0.465 e. The Kier molecular flexibility index (Phi) is 7.29. The van der Waals surface area contributed by atoms with E-state index in [0.29, 0.717) is 35.0 Å². The Bertz CT molecular complexity index is 1280. The summed E-state index contributed by atoms with van der Waals surface area (Å²) in [5.41, 5.74) is 4.42. The minimum Gasteiger partial charge on any atom is -0.465 e. The molecule has 0 bridgehead atoms. The predicted octanol–water partition coefficient (Wildman–Crippen LogP) is 4.31. The average molecular weight is 480 g/mol. The standard InChI is InChI=1S/C26H29N3O4S/c1-16-11-17(2)23-18(12-16)13-19(24(30)28-23)14-29(15-20-7-6-10-33-20)26(34)27-22-9-5-4-8-21(22)25(31)32-3/h4-5,8-9,11-13,20H,6-7,10,14-15H2,1-3H3,(H,27,34)(H,28,30)/t20-/m0/s1.